The maximum atomic E-state index is 13.2. The van der Waals surface area contributed by atoms with Crippen LogP contribution in [-0.4, -0.2) is 23.4 Å². The molecule has 1 saturated heterocycles. The molecule has 0 saturated carbocycles. The fourth-order valence-electron chi connectivity index (χ4n) is 4.00. The molecule has 1 fully saturated rings. The Kier molecular flexibility index (Phi) is 6.09. The zero-order valence-electron chi connectivity index (χ0n) is 19.2. The summed E-state index contributed by atoms with van der Waals surface area (Å²) in [4.78, 5) is 27.7. The number of furan rings is 1. The van der Waals surface area contributed by atoms with Gasteiger partial charge in [0.15, 0.2) is 0 Å². The van der Waals surface area contributed by atoms with Crippen LogP contribution in [0.25, 0.3) is 5.76 Å². The fraction of sp³-hybridized carbons (Fsp3) is 0.259. The summed E-state index contributed by atoms with van der Waals surface area (Å²) in [6, 6.07) is 15.0. The van der Waals surface area contributed by atoms with Crippen molar-refractivity contribution in [1.29, 1.82) is 0 Å². The summed E-state index contributed by atoms with van der Waals surface area (Å²) in [5.41, 5.74) is 2.90. The second kappa shape index (κ2) is 8.98. The minimum Gasteiger partial charge on any atom is -0.507 e. The first-order valence-electron chi connectivity index (χ1n) is 10.9. The van der Waals surface area contributed by atoms with Gasteiger partial charge in [0, 0.05) is 11.3 Å². The van der Waals surface area contributed by atoms with Gasteiger partial charge in [-0.25, -0.2) is 0 Å². The number of aliphatic hydroxyl groups is 1. The van der Waals surface area contributed by atoms with E-state index in [4.69, 9.17) is 9.15 Å². The molecule has 0 bridgehead atoms. The first kappa shape index (κ1) is 22.4. The average molecular weight is 446 g/mol. The highest BCUT2D eigenvalue weighted by Gasteiger charge is 2.48. The smallest absolute Gasteiger partial charge is 0.300 e. The van der Waals surface area contributed by atoms with Crippen LogP contribution < -0.4 is 9.64 Å². The molecule has 2 aromatic carbocycles. The molecule has 3 aromatic rings. The topological polar surface area (TPSA) is 80.0 Å². The van der Waals surface area contributed by atoms with Crippen LogP contribution in [0.5, 0.6) is 5.75 Å². The lowest BCUT2D eigenvalue weighted by Crippen LogP contribution is -2.30. The maximum absolute atomic E-state index is 13.2. The lowest BCUT2D eigenvalue weighted by molar-refractivity contribution is -0.132. The van der Waals surface area contributed by atoms with Crippen molar-refractivity contribution < 1.29 is 23.8 Å². The van der Waals surface area contributed by atoms with Crippen LogP contribution in [0.4, 0.5) is 5.69 Å². The Morgan fingerprint density at radius 1 is 1.09 bits per heavy atom. The van der Waals surface area contributed by atoms with E-state index in [1.807, 2.05) is 32.0 Å². The zero-order valence-corrected chi connectivity index (χ0v) is 19.2. The molecule has 0 spiro atoms. The van der Waals surface area contributed by atoms with Gasteiger partial charge in [-0.15, -0.1) is 0 Å². The third-order valence-corrected chi connectivity index (χ3v) is 5.58. The number of anilines is 1. The number of amides is 1. The first-order valence-corrected chi connectivity index (χ1v) is 10.9. The van der Waals surface area contributed by atoms with Gasteiger partial charge in [-0.05, 0) is 67.8 Å². The van der Waals surface area contributed by atoms with E-state index >= 15 is 0 Å². The molecule has 6 nitrogen and oxygen atoms in total. The van der Waals surface area contributed by atoms with Crippen LogP contribution in [0.1, 0.15) is 42.3 Å². The first-order chi connectivity index (χ1) is 15.8. The van der Waals surface area contributed by atoms with Crippen molar-refractivity contribution in [3.05, 3.63) is 88.9 Å². The van der Waals surface area contributed by atoms with E-state index in [1.54, 1.807) is 36.4 Å². The van der Waals surface area contributed by atoms with Crippen LogP contribution >= 0.6 is 0 Å². The molecule has 1 amide bonds. The molecule has 1 N–H and O–H groups in total. The van der Waals surface area contributed by atoms with Gasteiger partial charge in [0.05, 0.1) is 18.4 Å². The molecule has 1 aliphatic heterocycles. The van der Waals surface area contributed by atoms with Crippen LogP contribution in [0.3, 0.4) is 0 Å². The van der Waals surface area contributed by atoms with Gasteiger partial charge < -0.3 is 14.3 Å². The summed E-state index contributed by atoms with van der Waals surface area (Å²) >= 11 is 0. The fourth-order valence-corrected chi connectivity index (χ4v) is 4.00. The Labute approximate surface area is 193 Å². The summed E-state index contributed by atoms with van der Waals surface area (Å²) in [6.45, 7) is 8.54. The highest BCUT2D eigenvalue weighted by atomic mass is 16.5. The predicted molar refractivity (Wildman–Crippen MR) is 126 cm³/mol. The van der Waals surface area contributed by atoms with Crippen LogP contribution in [-0.2, 0) is 9.59 Å². The summed E-state index contributed by atoms with van der Waals surface area (Å²) < 4.78 is 11.3. The number of aliphatic hydroxyl groups excluding tert-OH is 1. The molecule has 6 heteroatoms. The minimum atomic E-state index is -0.877. The predicted octanol–water partition coefficient (Wildman–Crippen LogP) is 5.56. The van der Waals surface area contributed by atoms with Gasteiger partial charge >= 0.3 is 0 Å². The Bertz CT molecular complexity index is 1210. The second-order valence-corrected chi connectivity index (χ2v) is 8.70. The number of carbonyl (C=O) groups excluding carboxylic acids is 2. The number of hydrogen-bond acceptors (Lipinski definition) is 5. The average Bonchev–Trinajstić information content (AvgIpc) is 3.40. The number of ether oxygens (including phenoxy) is 1. The molecule has 0 aliphatic carbocycles. The second-order valence-electron chi connectivity index (χ2n) is 8.70. The minimum absolute atomic E-state index is 0.00854. The molecule has 1 atom stereocenters. The van der Waals surface area contributed by atoms with E-state index in [-0.39, 0.29) is 11.3 Å². The van der Waals surface area contributed by atoms with Crippen molar-refractivity contribution >= 4 is 23.1 Å². The van der Waals surface area contributed by atoms with E-state index in [1.165, 1.54) is 11.2 Å². The van der Waals surface area contributed by atoms with E-state index in [0.29, 0.717) is 35.3 Å². The number of rotatable bonds is 6. The monoisotopic (exact) mass is 445 g/mol. The van der Waals surface area contributed by atoms with Gasteiger partial charge in [-0.3, -0.25) is 14.5 Å². The quantitative estimate of drug-likeness (QED) is 0.305. The van der Waals surface area contributed by atoms with Crippen molar-refractivity contribution in [2.24, 2.45) is 5.92 Å². The highest BCUT2D eigenvalue weighted by molar-refractivity contribution is 6.51. The van der Waals surface area contributed by atoms with Gasteiger partial charge in [-0.2, -0.15) is 0 Å². The van der Waals surface area contributed by atoms with Crippen LogP contribution in [0.15, 0.2) is 70.9 Å². The number of benzene rings is 2. The van der Waals surface area contributed by atoms with Crippen molar-refractivity contribution in [2.75, 3.05) is 11.5 Å². The van der Waals surface area contributed by atoms with Gasteiger partial charge in [0.25, 0.3) is 11.7 Å². The highest BCUT2D eigenvalue weighted by Crippen LogP contribution is 2.43. The van der Waals surface area contributed by atoms with Gasteiger partial charge in [0.1, 0.15) is 23.3 Å². The van der Waals surface area contributed by atoms with Crippen LogP contribution in [0, 0.1) is 19.8 Å². The Morgan fingerprint density at radius 3 is 2.42 bits per heavy atom. The number of Topliss-reactive ketones (excluding diaryl/α,β-unsaturated/α-hetero) is 1. The zero-order chi connectivity index (χ0) is 23.7. The number of aryl methyl sites for hydroxylation is 2. The third-order valence-electron chi connectivity index (χ3n) is 5.58. The molecular weight excluding hydrogens is 418 g/mol. The summed E-state index contributed by atoms with van der Waals surface area (Å²) in [5.74, 6) is -0.271. The Morgan fingerprint density at radius 2 is 1.82 bits per heavy atom. The number of ketones is 1. The SMILES string of the molecule is Cc1ccc(N2C(=O)C(=O)/C(=C(\O)c3ccc(OCC(C)C)cc3)C2c2ccco2)c(C)c1. The molecule has 4 rings (SSSR count). The van der Waals surface area contributed by atoms with Crippen molar-refractivity contribution in [3.63, 3.8) is 0 Å². The summed E-state index contributed by atoms with van der Waals surface area (Å²) in [6.07, 6.45) is 1.48. The molecular formula is C27H27NO5. The Balaban J connectivity index is 1.80. The summed E-state index contributed by atoms with van der Waals surface area (Å²) in [7, 11) is 0. The number of hydrogen-bond donors (Lipinski definition) is 1. The number of nitrogens with zero attached hydrogens (tertiary/aromatic N) is 1. The number of carbonyl (C=O) groups is 2. The van der Waals surface area contributed by atoms with E-state index in [0.717, 1.165) is 11.1 Å². The maximum Gasteiger partial charge on any atom is 0.300 e. The molecule has 1 aliphatic rings. The van der Waals surface area contributed by atoms with Gasteiger partial charge in [0.2, 0.25) is 0 Å². The van der Waals surface area contributed by atoms with Crippen molar-refractivity contribution in [1.82, 2.24) is 0 Å². The molecule has 2 heterocycles. The van der Waals surface area contributed by atoms with E-state index in [9.17, 15) is 14.7 Å². The normalized spacial score (nSPS) is 17.7. The standard InChI is InChI=1S/C27H27NO5/c1-16(2)15-33-20-10-8-19(9-11-20)25(29)23-24(22-6-5-13-32-22)28(27(31)26(23)30)21-12-7-17(3)14-18(21)4/h5-14,16,24,29H,15H2,1-4H3/b25-23-. The van der Waals surface area contributed by atoms with Crippen LogP contribution in [0.2, 0.25) is 0 Å². The van der Waals surface area contributed by atoms with Crippen molar-refractivity contribution in [2.45, 2.75) is 33.7 Å². The molecule has 170 valence electrons. The molecule has 1 aromatic heterocycles. The van der Waals surface area contributed by atoms with E-state index < -0.39 is 17.7 Å². The van der Waals surface area contributed by atoms with Crippen molar-refractivity contribution in [3.8, 4) is 5.75 Å². The molecule has 1 unspecified atom stereocenters. The molecule has 33 heavy (non-hydrogen) atoms. The molecule has 0 radical (unpaired) electrons. The lowest BCUT2D eigenvalue weighted by Gasteiger charge is -2.25. The Hall–Kier alpha value is -3.80. The van der Waals surface area contributed by atoms with E-state index in [2.05, 4.69) is 13.8 Å². The summed E-state index contributed by atoms with van der Waals surface area (Å²) in [5, 5.41) is 11.2. The van der Waals surface area contributed by atoms with Gasteiger partial charge in [-0.1, -0.05) is 31.5 Å². The lowest BCUT2D eigenvalue weighted by atomic mass is 9.98. The third kappa shape index (κ3) is 4.29. The largest absolute Gasteiger partial charge is 0.507 e.